The zero-order chi connectivity index (χ0) is 22.2. The van der Waals surface area contributed by atoms with Gasteiger partial charge in [0.2, 0.25) is 5.88 Å². The Labute approximate surface area is 189 Å². The molecule has 0 saturated carbocycles. The van der Waals surface area contributed by atoms with E-state index in [9.17, 15) is 4.79 Å². The number of carbonyl (C=O) groups is 1. The third-order valence-electron chi connectivity index (χ3n) is 5.79. The van der Waals surface area contributed by atoms with Crippen molar-refractivity contribution in [3.8, 4) is 5.88 Å². The molecular weight excluding hydrogens is 406 g/mol. The van der Waals surface area contributed by atoms with Crippen LogP contribution in [0, 0.1) is 0 Å². The molecule has 2 aliphatic heterocycles. The minimum Gasteiger partial charge on any atom is -0.473 e. The molecule has 1 unspecified atom stereocenters. The Morgan fingerprint density at radius 3 is 2.66 bits per heavy atom. The first-order valence-electron chi connectivity index (χ1n) is 11.2. The van der Waals surface area contributed by atoms with Crippen LogP contribution in [0.5, 0.6) is 5.88 Å². The second kappa shape index (κ2) is 10.9. The molecule has 0 radical (unpaired) electrons. The predicted molar refractivity (Wildman–Crippen MR) is 122 cm³/mol. The van der Waals surface area contributed by atoms with Crippen LogP contribution in [-0.2, 0) is 22.7 Å². The lowest BCUT2D eigenvalue weighted by molar-refractivity contribution is -0.142. The van der Waals surface area contributed by atoms with Crippen LogP contribution in [0.4, 0.5) is 0 Å². The summed E-state index contributed by atoms with van der Waals surface area (Å²) < 4.78 is 11.4. The summed E-state index contributed by atoms with van der Waals surface area (Å²) in [6, 6.07) is 14.0. The largest absolute Gasteiger partial charge is 0.473 e. The lowest BCUT2D eigenvalue weighted by Gasteiger charge is -2.37. The number of aliphatic imine (C=N–C) groups is 1. The average molecular weight is 438 g/mol. The molecule has 0 spiro atoms. The van der Waals surface area contributed by atoms with Crippen molar-refractivity contribution in [2.45, 2.75) is 32.1 Å². The van der Waals surface area contributed by atoms with Crippen molar-refractivity contribution >= 4 is 11.9 Å². The fourth-order valence-electron chi connectivity index (χ4n) is 4.00. The van der Waals surface area contributed by atoms with Crippen LogP contribution in [0.25, 0.3) is 0 Å². The van der Waals surface area contributed by atoms with Gasteiger partial charge in [0, 0.05) is 58.6 Å². The van der Waals surface area contributed by atoms with E-state index in [2.05, 4.69) is 20.2 Å². The molecule has 1 aromatic heterocycles. The summed E-state index contributed by atoms with van der Waals surface area (Å²) in [7, 11) is 1.78. The molecule has 2 fully saturated rings. The Kier molecular flexibility index (Phi) is 7.55. The lowest BCUT2D eigenvalue weighted by Crippen LogP contribution is -2.55. The van der Waals surface area contributed by atoms with Crippen molar-refractivity contribution in [3.63, 3.8) is 0 Å². The molecule has 3 heterocycles. The maximum atomic E-state index is 12.6. The lowest BCUT2D eigenvalue weighted by atomic mass is 10.2. The van der Waals surface area contributed by atoms with Gasteiger partial charge in [-0.3, -0.25) is 9.79 Å². The number of ether oxygens (including phenoxy) is 2. The van der Waals surface area contributed by atoms with Gasteiger partial charge in [0.15, 0.2) is 5.96 Å². The van der Waals surface area contributed by atoms with Crippen molar-refractivity contribution < 1.29 is 14.3 Å². The molecule has 0 bridgehead atoms. The zero-order valence-electron chi connectivity index (χ0n) is 18.6. The highest BCUT2D eigenvalue weighted by atomic mass is 16.5. The Morgan fingerprint density at radius 2 is 1.94 bits per heavy atom. The fourth-order valence-corrected chi connectivity index (χ4v) is 4.00. The van der Waals surface area contributed by atoms with Crippen LogP contribution in [-0.4, -0.2) is 72.6 Å². The molecule has 8 nitrogen and oxygen atoms in total. The molecule has 1 N–H and O–H groups in total. The van der Waals surface area contributed by atoms with Crippen molar-refractivity contribution in [1.29, 1.82) is 0 Å². The van der Waals surface area contributed by atoms with Gasteiger partial charge in [0.05, 0.1) is 0 Å². The fraction of sp³-hybridized carbons (Fsp3) is 0.458. The number of aromatic nitrogens is 1. The normalized spacial score (nSPS) is 19.2. The molecule has 2 aromatic rings. The Morgan fingerprint density at radius 1 is 1.16 bits per heavy atom. The van der Waals surface area contributed by atoms with E-state index >= 15 is 0 Å². The van der Waals surface area contributed by atoms with Gasteiger partial charge in [-0.05, 0) is 30.0 Å². The van der Waals surface area contributed by atoms with Crippen LogP contribution in [0.3, 0.4) is 0 Å². The van der Waals surface area contributed by atoms with E-state index in [-0.39, 0.29) is 12.0 Å². The van der Waals surface area contributed by atoms with E-state index < -0.39 is 0 Å². The first kappa shape index (κ1) is 22.1. The van der Waals surface area contributed by atoms with Crippen LogP contribution >= 0.6 is 0 Å². The number of hydrogen-bond donors (Lipinski definition) is 1. The molecule has 1 aromatic carbocycles. The first-order chi connectivity index (χ1) is 15.7. The SMILES string of the molecule is CN=C(NCc1ccnc(OCc2ccccc2)c1)N1CCN(C(=O)C2CCCO2)CC1. The Balaban J connectivity index is 1.25. The Hall–Kier alpha value is -3.13. The van der Waals surface area contributed by atoms with Crippen LogP contribution in [0.15, 0.2) is 53.7 Å². The second-order valence-corrected chi connectivity index (χ2v) is 7.99. The van der Waals surface area contributed by atoms with Crippen molar-refractivity contribution in [1.82, 2.24) is 20.1 Å². The molecule has 8 heteroatoms. The summed E-state index contributed by atoms with van der Waals surface area (Å²) in [4.78, 5) is 25.4. The van der Waals surface area contributed by atoms with Gasteiger partial charge in [0.25, 0.3) is 5.91 Å². The highest BCUT2D eigenvalue weighted by Gasteiger charge is 2.30. The standard InChI is InChI=1S/C24H31N5O3/c1-25-24(29-13-11-28(12-14-29)23(30)21-8-5-15-31-21)27-17-20-9-10-26-22(16-20)32-18-19-6-3-2-4-7-19/h2-4,6-7,9-10,16,21H,5,8,11-15,17-18H2,1H3,(H,25,27). The number of nitrogens with zero attached hydrogens (tertiary/aromatic N) is 4. The molecule has 32 heavy (non-hydrogen) atoms. The molecule has 0 aliphatic carbocycles. The monoisotopic (exact) mass is 437 g/mol. The van der Waals surface area contributed by atoms with Gasteiger partial charge < -0.3 is 24.6 Å². The van der Waals surface area contributed by atoms with Gasteiger partial charge in [0.1, 0.15) is 12.7 Å². The summed E-state index contributed by atoms with van der Waals surface area (Å²) in [5.74, 6) is 1.56. The Bertz CT molecular complexity index is 907. The van der Waals surface area contributed by atoms with E-state index in [4.69, 9.17) is 9.47 Å². The smallest absolute Gasteiger partial charge is 0.251 e. The number of benzene rings is 1. The summed E-state index contributed by atoms with van der Waals surface area (Å²) in [5.41, 5.74) is 2.17. The summed E-state index contributed by atoms with van der Waals surface area (Å²) in [6.45, 7) is 4.67. The summed E-state index contributed by atoms with van der Waals surface area (Å²) in [5, 5.41) is 3.42. The van der Waals surface area contributed by atoms with Gasteiger partial charge in [-0.25, -0.2) is 4.98 Å². The minimum absolute atomic E-state index is 0.130. The number of guanidine groups is 1. The number of piperazine rings is 1. The first-order valence-corrected chi connectivity index (χ1v) is 11.2. The quantitative estimate of drug-likeness (QED) is 0.551. The average Bonchev–Trinajstić information content (AvgIpc) is 3.39. The molecule has 1 amide bonds. The van der Waals surface area contributed by atoms with Gasteiger partial charge in [-0.2, -0.15) is 0 Å². The third kappa shape index (κ3) is 5.76. The molecular formula is C24H31N5O3. The maximum Gasteiger partial charge on any atom is 0.251 e. The van der Waals surface area contributed by atoms with Crippen molar-refractivity contribution in [3.05, 3.63) is 59.8 Å². The van der Waals surface area contributed by atoms with Crippen molar-refractivity contribution in [2.24, 2.45) is 4.99 Å². The number of carbonyl (C=O) groups excluding carboxylic acids is 1. The number of pyridine rings is 1. The maximum absolute atomic E-state index is 12.6. The number of nitrogens with one attached hydrogen (secondary N) is 1. The van der Waals surface area contributed by atoms with E-state index in [1.54, 1.807) is 13.2 Å². The molecule has 2 saturated heterocycles. The minimum atomic E-state index is -0.246. The zero-order valence-corrected chi connectivity index (χ0v) is 18.6. The highest BCUT2D eigenvalue weighted by Crippen LogP contribution is 2.16. The summed E-state index contributed by atoms with van der Waals surface area (Å²) >= 11 is 0. The van der Waals surface area contributed by atoms with E-state index in [0.29, 0.717) is 38.7 Å². The van der Waals surface area contributed by atoms with Crippen LogP contribution in [0.2, 0.25) is 0 Å². The van der Waals surface area contributed by atoms with E-state index in [0.717, 1.165) is 43.0 Å². The van der Waals surface area contributed by atoms with Crippen LogP contribution in [0.1, 0.15) is 24.0 Å². The number of amides is 1. The highest BCUT2D eigenvalue weighted by molar-refractivity contribution is 5.82. The number of rotatable bonds is 6. The van der Waals surface area contributed by atoms with Gasteiger partial charge in [-0.15, -0.1) is 0 Å². The third-order valence-corrected chi connectivity index (χ3v) is 5.79. The molecule has 2 aliphatic rings. The molecule has 4 rings (SSSR count). The number of hydrogen-bond acceptors (Lipinski definition) is 5. The van der Waals surface area contributed by atoms with Crippen molar-refractivity contribution in [2.75, 3.05) is 39.8 Å². The predicted octanol–water partition coefficient (Wildman–Crippen LogP) is 2.06. The molecule has 170 valence electrons. The molecule has 1 atom stereocenters. The topological polar surface area (TPSA) is 79.3 Å². The van der Waals surface area contributed by atoms with Gasteiger partial charge in [-0.1, -0.05) is 30.3 Å². The van der Waals surface area contributed by atoms with Gasteiger partial charge >= 0.3 is 0 Å². The van der Waals surface area contributed by atoms with Crippen LogP contribution < -0.4 is 10.1 Å². The summed E-state index contributed by atoms with van der Waals surface area (Å²) in [6.07, 6.45) is 3.32. The van der Waals surface area contributed by atoms with E-state index in [1.165, 1.54) is 0 Å². The van der Waals surface area contributed by atoms with E-state index in [1.807, 2.05) is 47.4 Å². The second-order valence-electron chi connectivity index (χ2n) is 7.99.